The highest BCUT2D eigenvalue weighted by Crippen LogP contribution is 2.25. The van der Waals surface area contributed by atoms with Crippen LogP contribution in [-0.2, 0) is 4.79 Å². The Hall–Kier alpha value is -1.91. The number of nitrogens with zero attached hydrogens (tertiary/aromatic N) is 2. The van der Waals surface area contributed by atoms with Crippen molar-refractivity contribution in [3.63, 3.8) is 0 Å². The van der Waals surface area contributed by atoms with Crippen LogP contribution in [0.5, 0.6) is 0 Å². The number of hydrogen-bond donors (Lipinski definition) is 1. The van der Waals surface area contributed by atoms with Gasteiger partial charge in [-0.05, 0) is 51.2 Å². The normalized spacial score (nSPS) is 15.7. The highest BCUT2D eigenvalue weighted by atomic mass is 16.1. The zero-order chi connectivity index (χ0) is 18.4. The summed E-state index contributed by atoms with van der Waals surface area (Å²) >= 11 is 0. The standard InChI is InChI=1S/C20H31N3O2/c1-14(2)18(24)7-5-16-9-11-23(12-10-16)19-8-6-17(13-21-19)20(25)22-15(3)4/h6,8,13-16H,5,7,9-12H2,1-4H3,(H,22,25). The van der Waals surface area contributed by atoms with Crippen molar-refractivity contribution in [2.24, 2.45) is 11.8 Å². The zero-order valence-corrected chi connectivity index (χ0v) is 15.9. The molecule has 0 unspecified atom stereocenters. The van der Waals surface area contributed by atoms with Crippen molar-refractivity contribution in [1.82, 2.24) is 10.3 Å². The van der Waals surface area contributed by atoms with E-state index in [0.717, 1.165) is 38.2 Å². The molecule has 1 aromatic rings. The molecule has 2 heterocycles. The fourth-order valence-electron chi connectivity index (χ4n) is 3.14. The lowest BCUT2D eigenvalue weighted by molar-refractivity contribution is -0.122. The van der Waals surface area contributed by atoms with E-state index in [1.54, 1.807) is 6.20 Å². The van der Waals surface area contributed by atoms with Gasteiger partial charge >= 0.3 is 0 Å². The first-order chi connectivity index (χ1) is 11.9. The number of carbonyl (C=O) groups is 2. The Morgan fingerprint density at radius 1 is 1.20 bits per heavy atom. The molecule has 1 saturated heterocycles. The lowest BCUT2D eigenvalue weighted by Gasteiger charge is -2.32. The minimum absolute atomic E-state index is 0.0809. The van der Waals surface area contributed by atoms with Gasteiger partial charge in [0.05, 0.1) is 5.56 Å². The summed E-state index contributed by atoms with van der Waals surface area (Å²) in [7, 11) is 0. The van der Waals surface area contributed by atoms with E-state index >= 15 is 0 Å². The highest BCUT2D eigenvalue weighted by Gasteiger charge is 2.21. The van der Waals surface area contributed by atoms with Crippen molar-refractivity contribution >= 4 is 17.5 Å². The second-order valence-corrected chi connectivity index (χ2v) is 7.62. The predicted octanol–water partition coefficient (Wildman–Crippen LogP) is 3.44. The van der Waals surface area contributed by atoms with Crippen LogP contribution in [0.15, 0.2) is 18.3 Å². The maximum atomic E-state index is 12.0. The smallest absolute Gasteiger partial charge is 0.253 e. The van der Waals surface area contributed by atoms with Gasteiger partial charge in [-0.1, -0.05) is 13.8 Å². The topological polar surface area (TPSA) is 62.3 Å². The van der Waals surface area contributed by atoms with Crippen molar-refractivity contribution < 1.29 is 9.59 Å². The van der Waals surface area contributed by atoms with Gasteiger partial charge < -0.3 is 10.2 Å². The van der Waals surface area contributed by atoms with Crippen LogP contribution in [0.2, 0.25) is 0 Å². The molecule has 1 aliphatic rings. The summed E-state index contributed by atoms with van der Waals surface area (Å²) in [6.45, 7) is 9.76. The number of nitrogens with one attached hydrogen (secondary N) is 1. The maximum Gasteiger partial charge on any atom is 0.253 e. The molecule has 0 aromatic carbocycles. The molecule has 1 aromatic heterocycles. The third-order valence-electron chi connectivity index (χ3n) is 4.81. The predicted molar refractivity (Wildman–Crippen MR) is 101 cm³/mol. The van der Waals surface area contributed by atoms with Gasteiger partial charge in [-0.2, -0.15) is 0 Å². The summed E-state index contributed by atoms with van der Waals surface area (Å²) < 4.78 is 0. The average Bonchev–Trinajstić information content (AvgIpc) is 2.59. The second kappa shape index (κ2) is 8.97. The molecule has 0 aliphatic carbocycles. The molecule has 2 rings (SSSR count). The Kier molecular flexibility index (Phi) is 6.97. The molecule has 138 valence electrons. The molecule has 1 amide bonds. The fraction of sp³-hybridized carbons (Fsp3) is 0.650. The second-order valence-electron chi connectivity index (χ2n) is 7.62. The van der Waals surface area contributed by atoms with Crippen LogP contribution < -0.4 is 10.2 Å². The van der Waals surface area contributed by atoms with E-state index in [0.29, 0.717) is 23.7 Å². The summed E-state index contributed by atoms with van der Waals surface area (Å²) in [5.74, 6) is 2.01. The van der Waals surface area contributed by atoms with Crippen LogP contribution in [0.25, 0.3) is 0 Å². The maximum absolute atomic E-state index is 12.0. The SMILES string of the molecule is CC(C)NC(=O)c1ccc(N2CCC(CCC(=O)C(C)C)CC2)nc1. The van der Waals surface area contributed by atoms with E-state index in [-0.39, 0.29) is 17.9 Å². The number of hydrogen-bond acceptors (Lipinski definition) is 4. The Balaban J connectivity index is 1.82. The number of ketones is 1. The van der Waals surface area contributed by atoms with Crippen molar-refractivity contribution in [2.75, 3.05) is 18.0 Å². The van der Waals surface area contributed by atoms with E-state index in [2.05, 4.69) is 15.2 Å². The Morgan fingerprint density at radius 2 is 1.88 bits per heavy atom. The summed E-state index contributed by atoms with van der Waals surface area (Å²) in [5, 5.41) is 2.87. The first-order valence-electron chi connectivity index (χ1n) is 9.41. The van der Waals surface area contributed by atoms with E-state index in [1.807, 2.05) is 39.8 Å². The number of rotatable bonds is 7. The Bertz CT molecular complexity index is 573. The number of carbonyl (C=O) groups excluding carboxylic acids is 2. The molecule has 5 heteroatoms. The molecule has 1 aliphatic heterocycles. The van der Waals surface area contributed by atoms with Crippen LogP contribution >= 0.6 is 0 Å². The summed E-state index contributed by atoms with van der Waals surface area (Å²) in [6, 6.07) is 3.89. The number of aromatic nitrogens is 1. The Morgan fingerprint density at radius 3 is 2.40 bits per heavy atom. The number of Topliss-reactive ketones (excluding diaryl/α,β-unsaturated/α-hetero) is 1. The largest absolute Gasteiger partial charge is 0.357 e. The first-order valence-corrected chi connectivity index (χ1v) is 9.41. The number of pyridine rings is 1. The van der Waals surface area contributed by atoms with E-state index in [4.69, 9.17) is 0 Å². The number of anilines is 1. The van der Waals surface area contributed by atoms with Gasteiger partial charge in [0.25, 0.3) is 5.91 Å². The summed E-state index contributed by atoms with van der Waals surface area (Å²) in [6.07, 6.45) is 5.57. The summed E-state index contributed by atoms with van der Waals surface area (Å²) in [5.41, 5.74) is 0.597. The van der Waals surface area contributed by atoms with Gasteiger partial charge in [-0.3, -0.25) is 9.59 Å². The van der Waals surface area contributed by atoms with Crippen molar-refractivity contribution in [3.05, 3.63) is 23.9 Å². The molecule has 0 spiro atoms. The minimum atomic E-state index is -0.0809. The van der Waals surface area contributed by atoms with E-state index < -0.39 is 0 Å². The van der Waals surface area contributed by atoms with Crippen molar-refractivity contribution in [3.8, 4) is 0 Å². The fourth-order valence-corrected chi connectivity index (χ4v) is 3.14. The van der Waals surface area contributed by atoms with Crippen LogP contribution in [0.3, 0.4) is 0 Å². The number of piperidine rings is 1. The molecular formula is C20H31N3O2. The van der Waals surface area contributed by atoms with Crippen LogP contribution in [-0.4, -0.2) is 35.8 Å². The van der Waals surface area contributed by atoms with Gasteiger partial charge in [0, 0.05) is 37.7 Å². The lowest BCUT2D eigenvalue weighted by atomic mass is 9.90. The lowest BCUT2D eigenvalue weighted by Crippen LogP contribution is -2.34. The molecular weight excluding hydrogens is 314 g/mol. The number of amides is 1. The highest BCUT2D eigenvalue weighted by molar-refractivity contribution is 5.94. The van der Waals surface area contributed by atoms with E-state index in [9.17, 15) is 9.59 Å². The molecule has 0 radical (unpaired) electrons. The third kappa shape index (κ3) is 5.83. The van der Waals surface area contributed by atoms with Crippen LogP contribution in [0, 0.1) is 11.8 Å². The molecule has 0 atom stereocenters. The minimum Gasteiger partial charge on any atom is -0.357 e. The van der Waals surface area contributed by atoms with Gasteiger partial charge in [0.15, 0.2) is 0 Å². The first kappa shape index (κ1) is 19.4. The van der Waals surface area contributed by atoms with Crippen LogP contribution in [0.4, 0.5) is 5.82 Å². The molecule has 25 heavy (non-hydrogen) atoms. The average molecular weight is 345 g/mol. The molecule has 0 saturated carbocycles. The van der Waals surface area contributed by atoms with Crippen molar-refractivity contribution in [1.29, 1.82) is 0 Å². The monoisotopic (exact) mass is 345 g/mol. The zero-order valence-electron chi connectivity index (χ0n) is 15.9. The van der Waals surface area contributed by atoms with Gasteiger partial charge in [0.2, 0.25) is 0 Å². The van der Waals surface area contributed by atoms with Gasteiger partial charge in [-0.15, -0.1) is 0 Å². The molecule has 1 N–H and O–H groups in total. The summed E-state index contributed by atoms with van der Waals surface area (Å²) in [4.78, 5) is 30.5. The molecule has 5 nitrogen and oxygen atoms in total. The van der Waals surface area contributed by atoms with E-state index in [1.165, 1.54) is 0 Å². The van der Waals surface area contributed by atoms with Gasteiger partial charge in [0.1, 0.15) is 11.6 Å². The molecule has 1 fully saturated rings. The molecule has 0 bridgehead atoms. The van der Waals surface area contributed by atoms with Crippen molar-refractivity contribution in [2.45, 2.75) is 59.4 Å². The van der Waals surface area contributed by atoms with Crippen LogP contribution in [0.1, 0.15) is 63.7 Å². The third-order valence-corrected chi connectivity index (χ3v) is 4.81. The quantitative estimate of drug-likeness (QED) is 0.822. The van der Waals surface area contributed by atoms with Gasteiger partial charge in [-0.25, -0.2) is 4.98 Å². The Labute approximate surface area is 151 Å².